The lowest BCUT2D eigenvalue weighted by molar-refractivity contribution is -0.111. The summed E-state index contributed by atoms with van der Waals surface area (Å²) in [5.41, 5.74) is 2.32. The lowest BCUT2D eigenvalue weighted by Gasteiger charge is -2.10. The number of carbonyl (C=O) groups is 2. The Kier molecular flexibility index (Phi) is 6.69. The van der Waals surface area contributed by atoms with Crippen molar-refractivity contribution in [2.45, 2.75) is 38.5 Å². The van der Waals surface area contributed by atoms with E-state index in [1.54, 1.807) is 12.1 Å². The smallest absolute Gasteiger partial charge is 0.341 e. The number of amides is 1. The Morgan fingerprint density at radius 3 is 2.63 bits per heavy atom. The van der Waals surface area contributed by atoms with Crippen LogP contribution >= 0.6 is 22.9 Å². The summed E-state index contributed by atoms with van der Waals surface area (Å²) in [6.07, 6.45) is 9.40. The average molecular weight is 404 g/mol. The molecule has 1 aliphatic rings. The van der Waals surface area contributed by atoms with Gasteiger partial charge in [0, 0.05) is 16.0 Å². The van der Waals surface area contributed by atoms with Gasteiger partial charge >= 0.3 is 5.97 Å². The van der Waals surface area contributed by atoms with Gasteiger partial charge in [-0.3, -0.25) is 4.79 Å². The summed E-state index contributed by atoms with van der Waals surface area (Å²) in [4.78, 5) is 26.0. The first kappa shape index (κ1) is 19.6. The fraction of sp³-hybridized carbons (Fsp3) is 0.333. The van der Waals surface area contributed by atoms with Crippen molar-refractivity contribution < 1.29 is 14.3 Å². The number of halogens is 1. The highest BCUT2D eigenvalue weighted by molar-refractivity contribution is 7.17. The molecule has 0 saturated carbocycles. The predicted octanol–water partition coefficient (Wildman–Crippen LogP) is 5.50. The van der Waals surface area contributed by atoms with E-state index in [1.807, 2.05) is 18.2 Å². The zero-order valence-corrected chi connectivity index (χ0v) is 16.8. The monoisotopic (exact) mass is 403 g/mol. The van der Waals surface area contributed by atoms with Crippen molar-refractivity contribution in [3.8, 4) is 0 Å². The van der Waals surface area contributed by atoms with Crippen molar-refractivity contribution in [3.63, 3.8) is 0 Å². The van der Waals surface area contributed by atoms with E-state index in [4.69, 9.17) is 16.3 Å². The van der Waals surface area contributed by atoms with Gasteiger partial charge in [0.1, 0.15) is 5.00 Å². The Labute approximate surface area is 168 Å². The fourth-order valence-electron chi connectivity index (χ4n) is 3.25. The minimum Gasteiger partial charge on any atom is -0.465 e. The zero-order chi connectivity index (χ0) is 19.2. The van der Waals surface area contributed by atoms with E-state index in [0.29, 0.717) is 15.6 Å². The highest BCUT2D eigenvalue weighted by atomic mass is 35.5. The Morgan fingerprint density at radius 1 is 1.15 bits per heavy atom. The molecule has 0 aliphatic heterocycles. The van der Waals surface area contributed by atoms with Crippen molar-refractivity contribution in [1.29, 1.82) is 0 Å². The Bertz CT molecular complexity index is 872. The van der Waals surface area contributed by atoms with Gasteiger partial charge in [0.05, 0.1) is 12.7 Å². The number of nitrogens with one attached hydrogen (secondary N) is 1. The average Bonchev–Trinajstić information content (AvgIpc) is 2.96. The van der Waals surface area contributed by atoms with Crippen LogP contribution in [0.4, 0.5) is 5.00 Å². The highest BCUT2D eigenvalue weighted by Crippen LogP contribution is 2.37. The third kappa shape index (κ3) is 4.79. The molecule has 27 heavy (non-hydrogen) atoms. The number of hydrogen-bond donors (Lipinski definition) is 1. The molecule has 0 fully saturated rings. The molecule has 142 valence electrons. The van der Waals surface area contributed by atoms with Crippen molar-refractivity contribution in [1.82, 2.24) is 0 Å². The molecule has 6 heteroatoms. The van der Waals surface area contributed by atoms with Crippen LogP contribution < -0.4 is 5.32 Å². The van der Waals surface area contributed by atoms with Crippen molar-refractivity contribution in [2.24, 2.45) is 0 Å². The molecule has 0 saturated heterocycles. The van der Waals surface area contributed by atoms with E-state index in [0.717, 1.165) is 43.2 Å². The summed E-state index contributed by atoms with van der Waals surface area (Å²) in [7, 11) is 1.37. The Morgan fingerprint density at radius 2 is 1.89 bits per heavy atom. The molecule has 3 rings (SSSR count). The number of benzene rings is 1. The molecule has 0 atom stereocenters. The number of hydrogen-bond acceptors (Lipinski definition) is 4. The zero-order valence-electron chi connectivity index (χ0n) is 15.2. The molecule has 1 aliphatic carbocycles. The highest BCUT2D eigenvalue weighted by Gasteiger charge is 2.25. The SMILES string of the molecule is COC(=O)c1c(NC(=O)/C=C/c2ccccc2Cl)sc2c1CCCCCC2. The molecule has 0 radical (unpaired) electrons. The number of methoxy groups -OCH3 is 1. The fourth-order valence-corrected chi connectivity index (χ4v) is 4.73. The summed E-state index contributed by atoms with van der Waals surface area (Å²) < 4.78 is 4.98. The third-order valence-electron chi connectivity index (χ3n) is 4.62. The van der Waals surface area contributed by atoms with Crippen LogP contribution in [0.25, 0.3) is 6.08 Å². The molecule has 1 N–H and O–H groups in total. The van der Waals surface area contributed by atoms with E-state index >= 15 is 0 Å². The number of anilines is 1. The third-order valence-corrected chi connectivity index (χ3v) is 6.17. The van der Waals surface area contributed by atoms with E-state index in [-0.39, 0.29) is 5.91 Å². The summed E-state index contributed by atoms with van der Waals surface area (Å²) in [5.74, 6) is -0.687. The van der Waals surface area contributed by atoms with Crippen LogP contribution in [0, 0.1) is 0 Å². The van der Waals surface area contributed by atoms with Crippen molar-refractivity contribution >= 4 is 45.9 Å². The molecule has 1 amide bonds. The second-order valence-electron chi connectivity index (χ2n) is 6.46. The van der Waals surface area contributed by atoms with Gasteiger partial charge in [-0.1, -0.05) is 42.6 Å². The van der Waals surface area contributed by atoms with Crippen LogP contribution in [0.1, 0.15) is 52.0 Å². The maximum Gasteiger partial charge on any atom is 0.341 e. The second kappa shape index (κ2) is 9.20. The van der Waals surface area contributed by atoms with Crippen LogP contribution in [0.2, 0.25) is 5.02 Å². The summed E-state index contributed by atoms with van der Waals surface area (Å²) >= 11 is 7.60. The molecule has 1 heterocycles. The van der Waals surface area contributed by atoms with Gasteiger partial charge in [-0.05, 0) is 49.0 Å². The van der Waals surface area contributed by atoms with Gasteiger partial charge in [-0.25, -0.2) is 4.79 Å². The van der Waals surface area contributed by atoms with Crippen LogP contribution in [0.5, 0.6) is 0 Å². The molecule has 4 nitrogen and oxygen atoms in total. The molecular weight excluding hydrogens is 382 g/mol. The van der Waals surface area contributed by atoms with E-state index in [2.05, 4.69) is 5.32 Å². The Balaban J connectivity index is 1.85. The summed E-state index contributed by atoms with van der Waals surface area (Å²) in [5, 5.41) is 4.01. The topological polar surface area (TPSA) is 55.4 Å². The number of aryl methyl sites for hydroxylation is 1. The first-order valence-corrected chi connectivity index (χ1v) is 10.3. The van der Waals surface area contributed by atoms with E-state index in [9.17, 15) is 9.59 Å². The van der Waals surface area contributed by atoms with Crippen molar-refractivity contribution in [3.05, 3.63) is 56.9 Å². The standard InChI is InChI=1S/C21H22ClNO3S/c1-26-21(25)19-15-9-4-2-3-5-11-17(15)27-20(19)23-18(24)13-12-14-8-6-7-10-16(14)22/h6-8,10,12-13H,2-5,9,11H2,1H3,(H,23,24)/b13-12+. The largest absolute Gasteiger partial charge is 0.465 e. The number of ether oxygens (including phenoxy) is 1. The van der Waals surface area contributed by atoms with E-state index < -0.39 is 5.97 Å². The number of carbonyl (C=O) groups excluding carboxylic acids is 2. The lowest BCUT2D eigenvalue weighted by atomic mass is 9.96. The van der Waals surface area contributed by atoms with Gasteiger partial charge in [-0.2, -0.15) is 0 Å². The van der Waals surface area contributed by atoms with Crippen LogP contribution in [-0.2, 0) is 22.4 Å². The molecule has 2 aromatic rings. The molecule has 0 bridgehead atoms. The van der Waals surface area contributed by atoms with Gasteiger partial charge in [0.15, 0.2) is 0 Å². The second-order valence-corrected chi connectivity index (χ2v) is 7.97. The molecule has 0 spiro atoms. The number of rotatable bonds is 4. The molecule has 1 aromatic carbocycles. The number of fused-ring (bicyclic) bond motifs is 1. The van der Waals surface area contributed by atoms with Gasteiger partial charge in [0.25, 0.3) is 0 Å². The first-order valence-electron chi connectivity index (χ1n) is 9.06. The molecule has 0 unspecified atom stereocenters. The first-order chi connectivity index (χ1) is 13.1. The van der Waals surface area contributed by atoms with Crippen LogP contribution in [-0.4, -0.2) is 19.0 Å². The van der Waals surface area contributed by atoms with Crippen LogP contribution in [0.15, 0.2) is 30.3 Å². The van der Waals surface area contributed by atoms with Crippen LogP contribution in [0.3, 0.4) is 0 Å². The minimum atomic E-state index is -0.390. The summed E-state index contributed by atoms with van der Waals surface area (Å²) in [6.45, 7) is 0. The van der Waals surface area contributed by atoms with E-state index in [1.165, 1.54) is 35.8 Å². The molecule has 1 aromatic heterocycles. The maximum absolute atomic E-state index is 12.4. The van der Waals surface area contributed by atoms with Gasteiger partial charge < -0.3 is 10.1 Å². The maximum atomic E-state index is 12.4. The Hall–Kier alpha value is -2.11. The number of esters is 1. The lowest BCUT2D eigenvalue weighted by Crippen LogP contribution is -2.12. The predicted molar refractivity (Wildman–Crippen MR) is 111 cm³/mol. The van der Waals surface area contributed by atoms with Gasteiger partial charge in [-0.15, -0.1) is 11.3 Å². The summed E-state index contributed by atoms with van der Waals surface area (Å²) in [6, 6.07) is 7.30. The normalized spacial score (nSPS) is 14.3. The van der Waals surface area contributed by atoms with Gasteiger partial charge in [0.2, 0.25) is 5.91 Å². The number of thiophene rings is 1. The minimum absolute atomic E-state index is 0.297. The molecular formula is C21H22ClNO3S. The van der Waals surface area contributed by atoms with Crippen molar-refractivity contribution in [2.75, 3.05) is 12.4 Å². The quantitative estimate of drug-likeness (QED) is 0.541.